The van der Waals surface area contributed by atoms with Crippen molar-refractivity contribution in [2.45, 2.75) is 51.6 Å². The predicted octanol–water partition coefficient (Wildman–Crippen LogP) is 3.52. The minimum atomic E-state index is 0.696. The van der Waals surface area contributed by atoms with Gasteiger partial charge in [0.2, 0.25) is 0 Å². The van der Waals surface area contributed by atoms with Crippen LogP contribution in [0.5, 0.6) is 11.5 Å². The van der Waals surface area contributed by atoms with Gasteiger partial charge in [-0.2, -0.15) is 0 Å². The number of methoxy groups -OCH3 is 1. The molecule has 0 aliphatic heterocycles. The van der Waals surface area contributed by atoms with Crippen molar-refractivity contribution in [2.24, 2.45) is 0 Å². The lowest BCUT2D eigenvalue weighted by Crippen LogP contribution is -2.25. The van der Waals surface area contributed by atoms with E-state index in [0.29, 0.717) is 6.04 Å². The third-order valence-corrected chi connectivity index (χ3v) is 3.64. The summed E-state index contributed by atoms with van der Waals surface area (Å²) in [6.45, 7) is 3.75. The second kappa shape index (κ2) is 7.39. The Morgan fingerprint density at radius 1 is 1.21 bits per heavy atom. The van der Waals surface area contributed by atoms with Crippen molar-refractivity contribution in [3.8, 4) is 11.5 Å². The molecule has 1 N–H and O–H groups in total. The van der Waals surface area contributed by atoms with Gasteiger partial charge in [-0.3, -0.25) is 0 Å². The number of rotatable bonds is 7. The fraction of sp³-hybridized carbons (Fsp3) is 0.625. The minimum absolute atomic E-state index is 0.696. The summed E-state index contributed by atoms with van der Waals surface area (Å²) in [5.41, 5.74) is 1.26. The Balaban J connectivity index is 1.93. The Morgan fingerprint density at radius 2 is 2.00 bits per heavy atom. The molecule has 0 amide bonds. The molecule has 1 aliphatic rings. The number of benzene rings is 1. The lowest BCUT2D eigenvalue weighted by Gasteiger charge is -2.14. The first kappa shape index (κ1) is 14.2. The molecule has 3 heteroatoms. The molecule has 19 heavy (non-hydrogen) atoms. The summed E-state index contributed by atoms with van der Waals surface area (Å²) in [6, 6.07) is 6.91. The van der Waals surface area contributed by atoms with E-state index >= 15 is 0 Å². The lowest BCUT2D eigenvalue weighted by molar-refractivity contribution is 0.294. The van der Waals surface area contributed by atoms with Crippen molar-refractivity contribution < 1.29 is 9.47 Å². The molecule has 1 saturated carbocycles. The van der Waals surface area contributed by atoms with E-state index in [9.17, 15) is 0 Å². The summed E-state index contributed by atoms with van der Waals surface area (Å²) >= 11 is 0. The number of nitrogens with one attached hydrogen (secondary N) is 1. The molecular weight excluding hydrogens is 238 g/mol. The van der Waals surface area contributed by atoms with E-state index in [4.69, 9.17) is 9.47 Å². The molecular formula is C16H25NO2. The molecule has 1 fully saturated rings. The van der Waals surface area contributed by atoms with Gasteiger partial charge in [0.1, 0.15) is 0 Å². The standard InChI is InChI=1S/C16H25NO2/c1-3-10-19-15-9-8-13(11-16(15)18-2)12-17-14-6-4-5-7-14/h8-9,11,14,17H,3-7,10,12H2,1-2H3. The van der Waals surface area contributed by atoms with Gasteiger partial charge >= 0.3 is 0 Å². The zero-order chi connectivity index (χ0) is 13.5. The summed E-state index contributed by atoms with van der Waals surface area (Å²) in [5, 5.41) is 3.62. The van der Waals surface area contributed by atoms with Crippen LogP contribution in [0.1, 0.15) is 44.6 Å². The summed E-state index contributed by atoms with van der Waals surface area (Å²) < 4.78 is 11.1. The molecule has 3 nitrogen and oxygen atoms in total. The summed E-state index contributed by atoms with van der Waals surface area (Å²) in [4.78, 5) is 0. The van der Waals surface area contributed by atoms with E-state index in [-0.39, 0.29) is 0 Å². The summed E-state index contributed by atoms with van der Waals surface area (Å²) in [5.74, 6) is 1.67. The first-order valence-electron chi connectivity index (χ1n) is 7.36. The highest BCUT2D eigenvalue weighted by atomic mass is 16.5. The molecule has 1 aromatic rings. The molecule has 0 unspecified atom stereocenters. The van der Waals surface area contributed by atoms with Gasteiger partial charge < -0.3 is 14.8 Å². The fourth-order valence-corrected chi connectivity index (χ4v) is 2.55. The van der Waals surface area contributed by atoms with Gasteiger partial charge in [0.25, 0.3) is 0 Å². The summed E-state index contributed by atoms with van der Waals surface area (Å²) in [7, 11) is 1.70. The lowest BCUT2D eigenvalue weighted by atomic mass is 10.1. The molecule has 1 aromatic carbocycles. The van der Waals surface area contributed by atoms with Crippen LogP contribution in [-0.4, -0.2) is 19.8 Å². The molecule has 106 valence electrons. The normalized spacial score (nSPS) is 15.7. The van der Waals surface area contributed by atoms with Gasteiger partial charge in [-0.05, 0) is 37.0 Å². The average molecular weight is 263 g/mol. The highest BCUT2D eigenvalue weighted by molar-refractivity contribution is 5.42. The molecule has 2 rings (SSSR count). The van der Waals surface area contributed by atoms with Crippen LogP contribution in [0.2, 0.25) is 0 Å². The fourth-order valence-electron chi connectivity index (χ4n) is 2.55. The van der Waals surface area contributed by atoms with Crippen LogP contribution in [0.15, 0.2) is 18.2 Å². The minimum Gasteiger partial charge on any atom is -0.493 e. The molecule has 1 aliphatic carbocycles. The Morgan fingerprint density at radius 3 is 2.68 bits per heavy atom. The predicted molar refractivity (Wildman–Crippen MR) is 77.9 cm³/mol. The molecule has 0 aromatic heterocycles. The van der Waals surface area contributed by atoms with Gasteiger partial charge in [0.05, 0.1) is 13.7 Å². The van der Waals surface area contributed by atoms with Crippen LogP contribution in [-0.2, 0) is 6.54 Å². The second-order valence-corrected chi connectivity index (χ2v) is 5.20. The van der Waals surface area contributed by atoms with Crippen molar-refractivity contribution in [1.82, 2.24) is 5.32 Å². The van der Waals surface area contributed by atoms with Crippen LogP contribution in [0.4, 0.5) is 0 Å². The van der Waals surface area contributed by atoms with Gasteiger partial charge in [-0.15, -0.1) is 0 Å². The molecule has 0 bridgehead atoms. The van der Waals surface area contributed by atoms with Gasteiger partial charge in [-0.1, -0.05) is 25.8 Å². The Labute approximate surface area is 116 Å². The SMILES string of the molecule is CCCOc1ccc(CNC2CCCC2)cc1OC. The smallest absolute Gasteiger partial charge is 0.161 e. The monoisotopic (exact) mass is 263 g/mol. The molecule has 0 heterocycles. The van der Waals surface area contributed by atoms with E-state index in [2.05, 4.69) is 24.4 Å². The Kier molecular flexibility index (Phi) is 5.52. The maximum absolute atomic E-state index is 5.66. The molecule has 0 radical (unpaired) electrons. The van der Waals surface area contributed by atoms with Crippen molar-refractivity contribution >= 4 is 0 Å². The van der Waals surface area contributed by atoms with Crippen molar-refractivity contribution in [1.29, 1.82) is 0 Å². The summed E-state index contributed by atoms with van der Waals surface area (Å²) in [6.07, 6.45) is 6.37. The number of ether oxygens (including phenoxy) is 2. The highest BCUT2D eigenvalue weighted by Crippen LogP contribution is 2.28. The second-order valence-electron chi connectivity index (χ2n) is 5.20. The molecule has 0 saturated heterocycles. The first-order valence-corrected chi connectivity index (χ1v) is 7.36. The number of hydrogen-bond donors (Lipinski definition) is 1. The van der Waals surface area contributed by atoms with E-state index < -0.39 is 0 Å². The maximum atomic E-state index is 5.66. The topological polar surface area (TPSA) is 30.5 Å². The average Bonchev–Trinajstić information content (AvgIpc) is 2.96. The van der Waals surface area contributed by atoms with E-state index in [1.54, 1.807) is 7.11 Å². The Hall–Kier alpha value is -1.22. The van der Waals surface area contributed by atoms with Crippen molar-refractivity contribution in [3.05, 3.63) is 23.8 Å². The van der Waals surface area contributed by atoms with Crippen LogP contribution in [0.25, 0.3) is 0 Å². The van der Waals surface area contributed by atoms with Crippen molar-refractivity contribution in [2.75, 3.05) is 13.7 Å². The van der Waals surface area contributed by atoms with Crippen LogP contribution < -0.4 is 14.8 Å². The third-order valence-electron chi connectivity index (χ3n) is 3.64. The third kappa shape index (κ3) is 4.13. The zero-order valence-corrected chi connectivity index (χ0v) is 12.1. The largest absolute Gasteiger partial charge is 0.493 e. The highest BCUT2D eigenvalue weighted by Gasteiger charge is 2.14. The van der Waals surface area contributed by atoms with E-state index in [1.807, 2.05) is 6.07 Å². The zero-order valence-electron chi connectivity index (χ0n) is 12.1. The van der Waals surface area contributed by atoms with E-state index in [1.165, 1.54) is 31.2 Å². The number of hydrogen-bond acceptors (Lipinski definition) is 3. The molecule has 0 spiro atoms. The van der Waals surface area contributed by atoms with Gasteiger partial charge in [-0.25, -0.2) is 0 Å². The van der Waals surface area contributed by atoms with Gasteiger partial charge in [0.15, 0.2) is 11.5 Å². The Bertz CT molecular complexity index is 386. The molecule has 0 atom stereocenters. The van der Waals surface area contributed by atoms with E-state index in [0.717, 1.165) is 31.1 Å². The quantitative estimate of drug-likeness (QED) is 0.816. The first-order chi connectivity index (χ1) is 9.33. The van der Waals surface area contributed by atoms with Gasteiger partial charge in [0, 0.05) is 12.6 Å². The maximum Gasteiger partial charge on any atom is 0.161 e. The van der Waals surface area contributed by atoms with Crippen LogP contribution in [0.3, 0.4) is 0 Å². The van der Waals surface area contributed by atoms with Crippen LogP contribution >= 0.6 is 0 Å². The van der Waals surface area contributed by atoms with Crippen LogP contribution in [0, 0.1) is 0 Å². The van der Waals surface area contributed by atoms with Crippen molar-refractivity contribution in [3.63, 3.8) is 0 Å².